The van der Waals surface area contributed by atoms with Gasteiger partial charge in [-0.25, -0.2) is 13.8 Å². The zero-order chi connectivity index (χ0) is 18.4. The molecular formula is C15H16ClN3O5S. The first-order valence-corrected chi connectivity index (χ1v) is 8.81. The normalized spacial score (nSPS) is 11.8. The number of sulfonamides is 1. The Balaban J connectivity index is 2.01. The third-order valence-electron chi connectivity index (χ3n) is 3.12. The molecule has 0 saturated carbocycles. The summed E-state index contributed by atoms with van der Waals surface area (Å²) in [5.74, 6) is 0.205. The highest BCUT2D eigenvalue weighted by molar-refractivity contribution is 7.89. The average Bonchev–Trinajstić information content (AvgIpc) is 3.08. The highest BCUT2D eigenvalue weighted by atomic mass is 35.5. The molecule has 1 amide bonds. The fraction of sp³-hybridized carbons (Fsp3) is 0.200. The summed E-state index contributed by atoms with van der Waals surface area (Å²) in [7, 11) is -1.18. The van der Waals surface area contributed by atoms with Crippen molar-refractivity contribution in [3.8, 4) is 5.75 Å². The number of halogens is 1. The molecule has 0 spiro atoms. The Morgan fingerprint density at radius 1 is 1.44 bits per heavy atom. The summed E-state index contributed by atoms with van der Waals surface area (Å²) in [6.07, 6.45) is 2.76. The van der Waals surface area contributed by atoms with Crippen LogP contribution in [-0.2, 0) is 14.8 Å². The van der Waals surface area contributed by atoms with Gasteiger partial charge in [-0.15, -0.1) is 0 Å². The molecule has 0 unspecified atom stereocenters. The van der Waals surface area contributed by atoms with E-state index in [2.05, 4.69) is 10.5 Å². The number of methoxy groups -OCH3 is 1. The molecule has 10 heteroatoms. The van der Waals surface area contributed by atoms with Crippen molar-refractivity contribution < 1.29 is 22.4 Å². The van der Waals surface area contributed by atoms with Crippen molar-refractivity contribution in [2.75, 3.05) is 20.7 Å². The van der Waals surface area contributed by atoms with E-state index in [0.29, 0.717) is 11.5 Å². The molecule has 25 heavy (non-hydrogen) atoms. The second-order valence-corrected chi connectivity index (χ2v) is 7.32. The Kier molecular flexibility index (Phi) is 6.18. The molecule has 1 aromatic carbocycles. The molecule has 1 N–H and O–H groups in total. The summed E-state index contributed by atoms with van der Waals surface area (Å²) in [4.78, 5) is 11.8. The van der Waals surface area contributed by atoms with E-state index in [1.807, 2.05) is 0 Å². The number of carbonyl (C=O) groups is 1. The molecule has 8 nitrogen and oxygen atoms in total. The molecule has 0 radical (unpaired) electrons. The number of ether oxygens (including phenoxy) is 1. The van der Waals surface area contributed by atoms with Crippen molar-refractivity contribution in [3.05, 3.63) is 47.4 Å². The first-order valence-electron chi connectivity index (χ1n) is 7.00. The first-order chi connectivity index (χ1) is 11.8. The smallest absolute Gasteiger partial charge is 0.255 e. The number of carbonyl (C=O) groups excluding carboxylic acids is 1. The van der Waals surface area contributed by atoms with E-state index >= 15 is 0 Å². The largest absolute Gasteiger partial charge is 0.495 e. The van der Waals surface area contributed by atoms with Gasteiger partial charge in [-0.05, 0) is 30.3 Å². The van der Waals surface area contributed by atoms with E-state index < -0.39 is 22.5 Å². The third-order valence-corrected chi connectivity index (χ3v) is 5.22. The molecular weight excluding hydrogens is 370 g/mol. The lowest BCUT2D eigenvalue weighted by Crippen LogP contribution is -2.36. The van der Waals surface area contributed by atoms with Gasteiger partial charge < -0.3 is 9.15 Å². The van der Waals surface area contributed by atoms with Gasteiger partial charge in [-0.1, -0.05) is 11.6 Å². The molecule has 0 atom stereocenters. The molecule has 134 valence electrons. The van der Waals surface area contributed by atoms with Crippen LogP contribution >= 0.6 is 11.6 Å². The molecule has 0 aliphatic carbocycles. The van der Waals surface area contributed by atoms with Crippen molar-refractivity contribution in [2.45, 2.75) is 4.90 Å². The van der Waals surface area contributed by atoms with Gasteiger partial charge in [0.15, 0.2) is 0 Å². The molecule has 2 aromatic rings. The van der Waals surface area contributed by atoms with E-state index in [-0.39, 0.29) is 9.92 Å². The van der Waals surface area contributed by atoms with Gasteiger partial charge in [0.05, 0.1) is 36.1 Å². The Bertz CT molecular complexity index is 865. The maximum atomic E-state index is 12.5. The molecule has 0 bridgehead atoms. The number of nitrogens with one attached hydrogen (secondary N) is 1. The Labute approximate surface area is 150 Å². The number of nitrogens with zero attached hydrogens (tertiary/aromatic N) is 2. The summed E-state index contributed by atoms with van der Waals surface area (Å²) in [6.45, 7) is -0.415. The van der Waals surface area contributed by atoms with Crippen molar-refractivity contribution in [1.82, 2.24) is 9.73 Å². The van der Waals surface area contributed by atoms with E-state index in [0.717, 1.165) is 4.31 Å². The number of likely N-dealkylation sites (N-methyl/N-ethyl adjacent to an activating group) is 1. The number of furan rings is 1. The number of hydrogen-bond acceptors (Lipinski definition) is 6. The van der Waals surface area contributed by atoms with Gasteiger partial charge in [-0.2, -0.15) is 9.41 Å². The standard InChI is InChI=1S/C15H16ClN3O5S/c1-19(10-15(20)18-17-9-11-4-3-7-24-11)25(21,22)12-5-6-14(23-2)13(16)8-12/h3-9H,10H2,1-2H3,(H,18,20). The first kappa shape index (κ1) is 19.0. The highest BCUT2D eigenvalue weighted by Gasteiger charge is 2.23. The van der Waals surface area contributed by atoms with Gasteiger partial charge >= 0.3 is 0 Å². The minimum Gasteiger partial charge on any atom is -0.495 e. The van der Waals surface area contributed by atoms with Crippen molar-refractivity contribution in [1.29, 1.82) is 0 Å². The maximum Gasteiger partial charge on any atom is 0.255 e. The minimum atomic E-state index is -3.89. The molecule has 0 aliphatic rings. The topological polar surface area (TPSA) is 101 Å². The Morgan fingerprint density at radius 2 is 2.20 bits per heavy atom. The fourth-order valence-electron chi connectivity index (χ4n) is 1.84. The van der Waals surface area contributed by atoms with Crippen LogP contribution in [-0.4, -0.2) is 45.5 Å². The zero-order valence-corrected chi connectivity index (χ0v) is 15.0. The lowest BCUT2D eigenvalue weighted by molar-refractivity contribution is -0.121. The molecule has 1 aromatic heterocycles. The highest BCUT2D eigenvalue weighted by Crippen LogP contribution is 2.27. The van der Waals surface area contributed by atoms with Crippen LogP contribution in [0.25, 0.3) is 0 Å². The summed E-state index contributed by atoms with van der Waals surface area (Å²) in [5.41, 5.74) is 2.22. The van der Waals surface area contributed by atoms with E-state index in [1.54, 1.807) is 12.1 Å². The lowest BCUT2D eigenvalue weighted by atomic mass is 10.3. The van der Waals surface area contributed by atoms with Crippen LogP contribution in [0.4, 0.5) is 0 Å². The van der Waals surface area contributed by atoms with Crippen LogP contribution in [0.2, 0.25) is 5.02 Å². The number of benzene rings is 1. The van der Waals surface area contributed by atoms with Crippen LogP contribution in [0.3, 0.4) is 0 Å². The van der Waals surface area contributed by atoms with Crippen molar-refractivity contribution in [3.63, 3.8) is 0 Å². The summed E-state index contributed by atoms with van der Waals surface area (Å²) < 4.78 is 35.8. The average molecular weight is 386 g/mol. The molecule has 0 aliphatic heterocycles. The fourth-order valence-corrected chi connectivity index (χ4v) is 3.32. The predicted octanol–water partition coefficient (Wildman–Crippen LogP) is 1.71. The summed E-state index contributed by atoms with van der Waals surface area (Å²) in [6, 6.07) is 7.38. The third kappa shape index (κ3) is 4.81. The van der Waals surface area contributed by atoms with E-state index in [1.165, 1.54) is 44.8 Å². The number of hydrazone groups is 1. The van der Waals surface area contributed by atoms with Gasteiger partial charge in [-0.3, -0.25) is 4.79 Å². The van der Waals surface area contributed by atoms with E-state index in [9.17, 15) is 13.2 Å². The molecule has 2 rings (SSSR count). The molecule has 0 fully saturated rings. The Morgan fingerprint density at radius 3 is 2.80 bits per heavy atom. The van der Waals surface area contributed by atoms with Crippen LogP contribution in [0.15, 0.2) is 51.0 Å². The lowest BCUT2D eigenvalue weighted by Gasteiger charge is -2.16. The molecule has 0 saturated heterocycles. The molecule has 1 heterocycles. The van der Waals surface area contributed by atoms with Gasteiger partial charge in [0.2, 0.25) is 10.0 Å². The minimum absolute atomic E-state index is 0.0484. The van der Waals surface area contributed by atoms with Gasteiger partial charge in [0.25, 0.3) is 5.91 Å². The van der Waals surface area contributed by atoms with Crippen LogP contribution in [0, 0.1) is 0 Å². The maximum absolute atomic E-state index is 12.5. The summed E-state index contributed by atoms with van der Waals surface area (Å²) in [5, 5.41) is 3.84. The van der Waals surface area contributed by atoms with E-state index in [4.69, 9.17) is 20.8 Å². The van der Waals surface area contributed by atoms with Crippen molar-refractivity contribution in [2.24, 2.45) is 5.10 Å². The number of rotatable bonds is 7. The quantitative estimate of drug-likeness (QED) is 0.577. The van der Waals surface area contributed by atoms with Crippen LogP contribution < -0.4 is 10.2 Å². The Hall–Kier alpha value is -2.36. The number of amides is 1. The van der Waals surface area contributed by atoms with Crippen LogP contribution in [0.5, 0.6) is 5.75 Å². The second kappa shape index (κ2) is 8.15. The predicted molar refractivity (Wildman–Crippen MR) is 92.3 cm³/mol. The van der Waals surface area contributed by atoms with Gasteiger partial charge in [0, 0.05) is 7.05 Å². The van der Waals surface area contributed by atoms with Gasteiger partial charge in [0.1, 0.15) is 11.5 Å². The zero-order valence-electron chi connectivity index (χ0n) is 13.5. The SMILES string of the molecule is COc1ccc(S(=O)(=O)N(C)CC(=O)NN=Cc2ccco2)cc1Cl. The monoisotopic (exact) mass is 385 g/mol. The summed E-state index contributed by atoms with van der Waals surface area (Å²) >= 11 is 5.95. The second-order valence-electron chi connectivity index (χ2n) is 4.87. The number of hydrogen-bond donors (Lipinski definition) is 1. The van der Waals surface area contributed by atoms with Crippen LogP contribution in [0.1, 0.15) is 5.76 Å². The van der Waals surface area contributed by atoms with Crippen molar-refractivity contribution >= 4 is 33.7 Å².